The molecule has 0 bridgehead atoms. The van der Waals surface area contributed by atoms with Crippen LogP contribution in [0, 0.1) is 17.1 Å². The lowest BCUT2D eigenvalue weighted by Crippen LogP contribution is -2.55. The van der Waals surface area contributed by atoms with Crippen LogP contribution in [0.3, 0.4) is 0 Å². The Bertz CT molecular complexity index is 1050. The van der Waals surface area contributed by atoms with Crippen molar-refractivity contribution in [3.05, 3.63) is 64.4 Å². The van der Waals surface area contributed by atoms with Crippen LogP contribution >= 0.6 is 11.6 Å². The van der Waals surface area contributed by atoms with Gasteiger partial charge in [-0.1, -0.05) is 31.2 Å². The van der Waals surface area contributed by atoms with E-state index in [1.54, 1.807) is 24.3 Å². The minimum atomic E-state index is -3.90. The van der Waals surface area contributed by atoms with E-state index in [-0.39, 0.29) is 24.6 Å². The number of halogens is 2. The number of nitrogens with one attached hydrogen (secondary N) is 2. The molecule has 7 nitrogen and oxygen atoms in total. The van der Waals surface area contributed by atoms with Crippen molar-refractivity contribution in [1.29, 1.82) is 5.26 Å². The molecule has 1 heterocycles. The molecule has 3 rings (SSSR count). The quantitative estimate of drug-likeness (QED) is 0.768. The molecular formula is C19H20ClFN4O3S. The number of benzene rings is 2. The first-order valence-electron chi connectivity index (χ1n) is 8.22. The topological polar surface area (TPSA) is 102 Å². The lowest BCUT2D eigenvalue weighted by atomic mass is 9.98. The summed E-state index contributed by atoms with van der Waals surface area (Å²) in [7, 11) is -2.60. The van der Waals surface area contributed by atoms with E-state index in [4.69, 9.17) is 16.9 Å². The second kappa shape index (κ2) is 8.88. The van der Waals surface area contributed by atoms with Crippen molar-refractivity contribution in [1.82, 2.24) is 9.03 Å². The molecule has 0 aliphatic carbocycles. The average Bonchev–Trinajstić information content (AvgIpc) is 2.66. The van der Waals surface area contributed by atoms with Crippen LogP contribution in [-0.2, 0) is 15.0 Å². The molecule has 0 spiro atoms. The molecule has 1 fully saturated rings. The van der Waals surface area contributed by atoms with Crippen molar-refractivity contribution in [2.24, 2.45) is 0 Å². The van der Waals surface area contributed by atoms with Crippen molar-refractivity contribution in [3.8, 4) is 6.07 Å². The number of carbonyl (C=O) groups excluding carboxylic acids is 1. The van der Waals surface area contributed by atoms with Crippen molar-refractivity contribution >= 4 is 33.4 Å². The van der Waals surface area contributed by atoms with E-state index in [2.05, 4.69) is 10.0 Å². The molecular weight excluding hydrogens is 419 g/mol. The molecule has 2 atom stereocenters. The maximum atomic E-state index is 13.3. The number of anilines is 1. The standard InChI is InChI=1S/C18H16ClFN4O3S.CH4/c1-24-17(18(25)22-13-6-7-15(20)14(19)8-13)9-16(23-28(24,26)27)12-4-2-11(10-21)3-5-12;/h2-8,16-17,23H,9H2,1H3,(H,22,25);1H4. The normalized spacial score (nSPS) is 20.9. The van der Waals surface area contributed by atoms with Gasteiger partial charge in [-0.25, -0.2) is 4.39 Å². The Balaban J connectivity index is 0.00000300. The molecule has 1 aliphatic heterocycles. The van der Waals surface area contributed by atoms with Gasteiger partial charge in [0.15, 0.2) is 0 Å². The first-order chi connectivity index (χ1) is 13.2. The Morgan fingerprint density at radius 1 is 1.31 bits per heavy atom. The molecule has 1 aliphatic rings. The van der Waals surface area contributed by atoms with E-state index in [0.29, 0.717) is 11.1 Å². The fourth-order valence-electron chi connectivity index (χ4n) is 2.92. The fraction of sp³-hybridized carbons (Fsp3) is 0.263. The van der Waals surface area contributed by atoms with Crippen LogP contribution in [0.2, 0.25) is 5.02 Å². The number of hydrogen-bond acceptors (Lipinski definition) is 4. The highest BCUT2D eigenvalue weighted by Crippen LogP contribution is 2.29. The average molecular weight is 439 g/mol. The number of rotatable bonds is 3. The van der Waals surface area contributed by atoms with Crippen molar-refractivity contribution in [3.63, 3.8) is 0 Å². The van der Waals surface area contributed by atoms with E-state index in [0.717, 1.165) is 10.4 Å². The molecule has 0 saturated carbocycles. The molecule has 0 aromatic heterocycles. The van der Waals surface area contributed by atoms with Gasteiger partial charge in [0.2, 0.25) is 5.91 Å². The summed E-state index contributed by atoms with van der Waals surface area (Å²) in [6, 6.07) is 10.5. The Morgan fingerprint density at radius 2 is 1.97 bits per heavy atom. The summed E-state index contributed by atoms with van der Waals surface area (Å²) in [6.45, 7) is 0. The Hall–Kier alpha value is -2.51. The summed E-state index contributed by atoms with van der Waals surface area (Å²) in [5.41, 5.74) is 1.34. The summed E-state index contributed by atoms with van der Waals surface area (Å²) in [4.78, 5) is 12.7. The molecule has 1 saturated heterocycles. The summed E-state index contributed by atoms with van der Waals surface area (Å²) in [5.74, 6) is -1.18. The first kappa shape index (κ1) is 22.8. The molecule has 29 heavy (non-hydrogen) atoms. The molecule has 2 N–H and O–H groups in total. The van der Waals surface area contributed by atoms with E-state index in [9.17, 15) is 17.6 Å². The van der Waals surface area contributed by atoms with Crippen LogP contribution in [-0.4, -0.2) is 31.7 Å². The number of nitriles is 1. The van der Waals surface area contributed by atoms with Crippen LogP contribution in [0.1, 0.15) is 31.0 Å². The second-order valence-electron chi connectivity index (χ2n) is 6.30. The number of hydrogen-bond donors (Lipinski definition) is 2. The van der Waals surface area contributed by atoms with Gasteiger partial charge in [0.25, 0.3) is 10.2 Å². The monoisotopic (exact) mass is 438 g/mol. The van der Waals surface area contributed by atoms with Gasteiger partial charge in [-0.2, -0.15) is 22.7 Å². The van der Waals surface area contributed by atoms with Gasteiger partial charge >= 0.3 is 0 Å². The van der Waals surface area contributed by atoms with Crippen LogP contribution in [0.5, 0.6) is 0 Å². The first-order valence-corrected chi connectivity index (χ1v) is 10.0. The summed E-state index contributed by atoms with van der Waals surface area (Å²) in [6.07, 6.45) is 0.169. The second-order valence-corrected chi connectivity index (χ2v) is 8.46. The number of carbonyl (C=O) groups is 1. The Kier molecular flexibility index (Phi) is 6.97. The number of likely N-dealkylation sites (N-methyl/N-ethyl adjacent to an activating group) is 1. The van der Waals surface area contributed by atoms with Crippen LogP contribution in [0.15, 0.2) is 42.5 Å². The van der Waals surface area contributed by atoms with Gasteiger partial charge in [0.1, 0.15) is 11.9 Å². The third kappa shape index (κ3) is 4.92. The predicted octanol–water partition coefficient (Wildman–Crippen LogP) is 3.21. The largest absolute Gasteiger partial charge is 0.325 e. The minimum absolute atomic E-state index is 0. The van der Waals surface area contributed by atoms with E-state index in [1.165, 1.54) is 19.2 Å². The van der Waals surface area contributed by atoms with Crippen molar-refractivity contribution < 1.29 is 17.6 Å². The van der Waals surface area contributed by atoms with Crippen LogP contribution in [0.4, 0.5) is 10.1 Å². The van der Waals surface area contributed by atoms with Gasteiger partial charge in [0.05, 0.1) is 16.7 Å². The third-order valence-electron chi connectivity index (χ3n) is 4.50. The minimum Gasteiger partial charge on any atom is -0.325 e. The lowest BCUT2D eigenvalue weighted by molar-refractivity contribution is -0.120. The van der Waals surface area contributed by atoms with Crippen LogP contribution in [0.25, 0.3) is 0 Å². The molecule has 2 aromatic rings. The summed E-state index contributed by atoms with van der Waals surface area (Å²) >= 11 is 5.72. The summed E-state index contributed by atoms with van der Waals surface area (Å²) < 4.78 is 41.7. The zero-order valence-electron chi connectivity index (χ0n) is 14.7. The highest BCUT2D eigenvalue weighted by atomic mass is 35.5. The molecule has 2 unspecified atom stereocenters. The van der Waals surface area contributed by atoms with Gasteiger partial charge in [-0.15, -0.1) is 0 Å². The van der Waals surface area contributed by atoms with E-state index >= 15 is 0 Å². The maximum absolute atomic E-state index is 13.3. The smallest absolute Gasteiger partial charge is 0.280 e. The fourth-order valence-corrected chi connectivity index (χ4v) is 4.37. The Labute approximate surface area is 174 Å². The van der Waals surface area contributed by atoms with Gasteiger partial charge in [-0.3, -0.25) is 4.79 Å². The molecule has 0 radical (unpaired) electrons. The highest BCUT2D eigenvalue weighted by molar-refractivity contribution is 7.87. The predicted molar refractivity (Wildman–Crippen MR) is 109 cm³/mol. The lowest BCUT2D eigenvalue weighted by Gasteiger charge is -2.36. The summed E-state index contributed by atoms with van der Waals surface area (Å²) in [5, 5.41) is 11.3. The van der Waals surface area contributed by atoms with E-state index < -0.39 is 34.0 Å². The van der Waals surface area contributed by atoms with Crippen LogP contribution < -0.4 is 10.0 Å². The van der Waals surface area contributed by atoms with Gasteiger partial charge in [0, 0.05) is 18.8 Å². The van der Waals surface area contributed by atoms with E-state index in [1.807, 2.05) is 6.07 Å². The van der Waals surface area contributed by atoms with Crippen molar-refractivity contribution in [2.75, 3.05) is 12.4 Å². The molecule has 154 valence electrons. The zero-order valence-corrected chi connectivity index (χ0v) is 16.3. The molecule has 10 heteroatoms. The van der Waals surface area contributed by atoms with Gasteiger partial charge in [-0.05, 0) is 42.3 Å². The van der Waals surface area contributed by atoms with Gasteiger partial charge < -0.3 is 5.32 Å². The SMILES string of the molecule is C.CN1C(C(=O)Nc2ccc(F)c(Cl)c2)CC(c2ccc(C#N)cc2)NS1(=O)=O. The third-order valence-corrected chi connectivity index (χ3v) is 6.38. The molecule has 2 aromatic carbocycles. The number of amides is 1. The highest BCUT2D eigenvalue weighted by Gasteiger charge is 2.40. The maximum Gasteiger partial charge on any atom is 0.280 e. The zero-order chi connectivity index (χ0) is 20.5. The Morgan fingerprint density at radius 3 is 2.55 bits per heavy atom. The number of nitrogens with zero attached hydrogens (tertiary/aromatic N) is 2. The van der Waals surface area contributed by atoms with Crippen molar-refractivity contribution in [2.45, 2.75) is 25.9 Å². The molecule has 1 amide bonds.